The van der Waals surface area contributed by atoms with Gasteiger partial charge in [0.2, 0.25) is 5.91 Å². The van der Waals surface area contributed by atoms with Crippen LogP contribution in [-0.4, -0.2) is 52.6 Å². The summed E-state index contributed by atoms with van der Waals surface area (Å²) in [5.74, 6) is 0.151. The van der Waals surface area contributed by atoms with Crippen LogP contribution >= 0.6 is 11.8 Å². The van der Waals surface area contributed by atoms with Crippen LogP contribution in [0.2, 0.25) is 0 Å². The van der Waals surface area contributed by atoms with E-state index in [1.54, 1.807) is 0 Å². The van der Waals surface area contributed by atoms with Gasteiger partial charge in [-0.25, -0.2) is 9.59 Å². The van der Waals surface area contributed by atoms with Gasteiger partial charge in [-0.3, -0.25) is 4.79 Å². The third-order valence-electron chi connectivity index (χ3n) is 5.51. The molecule has 0 unspecified atom stereocenters. The number of esters is 2. The molecule has 1 heterocycles. The highest BCUT2D eigenvalue weighted by Crippen LogP contribution is 2.27. The standard InChI is InChI=1S/C22H28N4O5S/c1-26-18(9-14-7-5-4-6-8-14)24-25-22(26)32-13-19(27)23-17-11-15(20(28)30-2)10-16(12-17)21(29)31-3/h10-12,14H,4-9,13H2,1-3H3,(H,23,27). The predicted octanol–water partition coefficient (Wildman–Crippen LogP) is 3.24. The average molecular weight is 461 g/mol. The number of nitrogens with zero attached hydrogens (tertiary/aromatic N) is 3. The van der Waals surface area contributed by atoms with Crippen LogP contribution in [-0.2, 0) is 27.7 Å². The first-order chi connectivity index (χ1) is 15.4. The van der Waals surface area contributed by atoms with E-state index in [9.17, 15) is 14.4 Å². The van der Waals surface area contributed by atoms with Crippen molar-refractivity contribution in [2.24, 2.45) is 13.0 Å². The predicted molar refractivity (Wildman–Crippen MR) is 120 cm³/mol. The summed E-state index contributed by atoms with van der Waals surface area (Å²) >= 11 is 1.28. The summed E-state index contributed by atoms with van der Waals surface area (Å²) in [6, 6.07) is 4.26. The first-order valence-electron chi connectivity index (χ1n) is 10.5. The Hall–Kier alpha value is -2.88. The van der Waals surface area contributed by atoms with Crippen molar-refractivity contribution in [1.29, 1.82) is 0 Å². The Bertz CT molecular complexity index is 950. The molecule has 1 N–H and O–H groups in total. The highest BCUT2D eigenvalue weighted by Gasteiger charge is 2.19. The van der Waals surface area contributed by atoms with E-state index < -0.39 is 11.9 Å². The lowest BCUT2D eigenvalue weighted by Crippen LogP contribution is -2.16. The van der Waals surface area contributed by atoms with Crippen LogP contribution < -0.4 is 5.32 Å². The maximum absolute atomic E-state index is 12.5. The van der Waals surface area contributed by atoms with Gasteiger partial charge in [-0.15, -0.1) is 10.2 Å². The van der Waals surface area contributed by atoms with Crippen molar-refractivity contribution in [1.82, 2.24) is 14.8 Å². The largest absolute Gasteiger partial charge is 0.465 e. The number of rotatable bonds is 8. The Morgan fingerprint density at radius 3 is 2.25 bits per heavy atom. The molecule has 0 radical (unpaired) electrons. The molecule has 1 amide bonds. The minimum atomic E-state index is -0.620. The van der Waals surface area contributed by atoms with Crippen LogP contribution in [0.3, 0.4) is 0 Å². The van der Waals surface area contributed by atoms with Gasteiger partial charge in [0.1, 0.15) is 5.82 Å². The van der Waals surface area contributed by atoms with E-state index >= 15 is 0 Å². The Morgan fingerprint density at radius 1 is 1.03 bits per heavy atom. The highest BCUT2D eigenvalue weighted by atomic mass is 32.2. The Morgan fingerprint density at radius 2 is 1.66 bits per heavy atom. The van der Waals surface area contributed by atoms with Crippen molar-refractivity contribution in [3.63, 3.8) is 0 Å². The van der Waals surface area contributed by atoms with E-state index in [2.05, 4.69) is 15.5 Å². The minimum Gasteiger partial charge on any atom is -0.465 e. The second-order valence-corrected chi connectivity index (χ2v) is 8.73. The van der Waals surface area contributed by atoms with Gasteiger partial charge in [-0.2, -0.15) is 0 Å². The number of hydrogen-bond donors (Lipinski definition) is 1. The summed E-state index contributed by atoms with van der Waals surface area (Å²) < 4.78 is 11.4. The molecule has 32 heavy (non-hydrogen) atoms. The third kappa shape index (κ3) is 6.09. The Labute approximate surface area is 191 Å². The summed E-state index contributed by atoms with van der Waals surface area (Å²) in [5, 5.41) is 11.9. The van der Waals surface area contributed by atoms with Crippen molar-refractivity contribution in [2.75, 3.05) is 25.3 Å². The molecule has 0 bridgehead atoms. The molecule has 172 valence electrons. The minimum absolute atomic E-state index is 0.103. The molecule has 1 aliphatic rings. The molecule has 3 rings (SSSR count). The molecule has 1 aromatic carbocycles. The topological polar surface area (TPSA) is 112 Å². The number of hydrogen-bond acceptors (Lipinski definition) is 8. The normalized spacial score (nSPS) is 14.1. The number of aromatic nitrogens is 3. The zero-order valence-corrected chi connectivity index (χ0v) is 19.4. The van der Waals surface area contributed by atoms with Crippen LogP contribution in [0.1, 0.15) is 58.6 Å². The molecule has 0 spiro atoms. The molecule has 2 aromatic rings. The lowest BCUT2D eigenvalue weighted by Gasteiger charge is -2.20. The lowest BCUT2D eigenvalue weighted by molar-refractivity contribution is -0.113. The number of nitrogens with one attached hydrogen (secondary N) is 1. The van der Waals surface area contributed by atoms with Gasteiger partial charge < -0.3 is 19.4 Å². The van der Waals surface area contributed by atoms with Gasteiger partial charge in [0.15, 0.2) is 5.16 Å². The van der Waals surface area contributed by atoms with Crippen LogP contribution in [0, 0.1) is 5.92 Å². The number of ether oxygens (including phenoxy) is 2. The maximum Gasteiger partial charge on any atom is 0.337 e. The fraction of sp³-hybridized carbons (Fsp3) is 0.500. The van der Waals surface area contributed by atoms with Crippen molar-refractivity contribution in [3.05, 3.63) is 35.2 Å². The van der Waals surface area contributed by atoms with Crippen LogP contribution in [0.25, 0.3) is 0 Å². The zero-order chi connectivity index (χ0) is 23.1. The van der Waals surface area contributed by atoms with Crippen molar-refractivity contribution in [2.45, 2.75) is 43.7 Å². The number of benzene rings is 1. The molecular formula is C22H28N4O5S. The molecule has 0 aliphatic heterocycles. The third-order valence-corrected chi connectivity index (χ3v) is 6.53. The van der Waals surface area contributed by atoms with E-state index in [-0.39, 0.29) is 22.8 Å². The number of carbonyl (C=O) groups is 3. The van der Waals surface area contributed by atoms with Crippen LogP contribution in [0.4, 0.5) is 5.69 Å². The van der Waals surface area contributed by atoms with Gasteiger partial charge in [-0.1, -0.05) is 43.9 Å². The maximum atomic E-state index is 12.5. The number of anilines is 1. The van der Waals surface area contributed by atoms with E-state index in [4.69, 9.17) is 9.47 Å². The Kier molecular flexibility index (Phi) is 8.26. The van der Waals surface area contributed by atoms with Gasteiger partial charge in [0.05, 0.1) is 31.1 Å². The van der Waals surface area contributed by atoms with E-state index in [0.29, 0.717) is 16.8 Å². The fourth-order valence-corrected chi connectivity index (χ4v) is 4.53. The first-order valence-corrected chi connectivity index (χ1v) is 11.5. The molecule has 1 saturated carbocycles. The number of thioether (sulfide) groups is 1. The molecule has 10 heteroatoms. The molecule has 1 aliphatic carbocycles. The van der Waals surface area contributed by atoms with Crippen molar-refractivity contribution >= 4 is 35.3 Å². The van der Waals surface area contributed by atoms with Crippen LogP contribution in [0.5, 0.6) is 0 Å². The summed E-state index contributed by atoms with van der Waals surface area (Å²) in [6.07, 6.45) is 7.24. The number of methoxy groups -OCH3 is 2. The van der Waals surface area contributed by atoms with Crippen molar-refractivity contribution < 1.29 is 23.9 Å². The summed E-state index contributed by atoms with van der Waals surface area (Å²) in [5.41, 5.74) is 0.577. The molecule has 9 nitrogen and oxygen atoms in total. The van der Waals surface area contributed by atoms with Crippen molar-refractivity contribution in [3.8, 4) is 0 Å². The summed E-state index contributed by atoms with van der Waals surface area (Å²) in [6.45, 7) is 0. The quantitative estimate of drug-likeness (QED) is 0.472. The second-order valence-electron chi connectivity index (χ2n) is 7.79. The first kappa shape index (κ1) is 23.8. The molecule has 1 aromatic heterocycles. The van der Waals surface area contributed by atoms with Gasteiger partial charge in [-0.05, 0) is 24.1 Å². The second kappa shape index (κ2) is 11.1. The zero-order valence-electron chi connectivity index (χ0n) is 18.6. The van der Waals surface area contributed by atoms with E-state index in [1.165, 1.54) is 76.3 Å². The fourth-order valence-electron chi connectivity index (χ4n) is 3.80. The smallest absolute Gasteiger partial charge is 0.337 e. The summed E-state index contributed by atoms with van der Waals surface area (Å²) in [4.78, 5) is 36.3. The van der Waals surface area contributed by atoms with Gasteiger partial charge >= 0.3 is 11.9 Å². The van der Waals surface area contributed by atoms with Crippen LogP contribution in [0.15, 0.2) is 23.4 Å². The van der Waals surface area contributed by atoms with E-state index in [0.717, 1.165) is 12.2 Å². The SMILES string of the molecule is COC(=O)c1cc(NC(=O)CSc2nnc(CC3CCCCC3)n2C)cc(C(=O)OC)c1. The number of amides is 1. The average Bonchev–Trinajstić information content (AvgIpc) is 3.16. The summed E-state index contributed by atoms with van der Waals surface area (Å²) in [7, 11) is 4.40. The molecule has 0 atom stereocenters. The molecule has 1 fully saturated rings. The Balaban J connectivity index is 1.62. The lowest BCUT2D eigenvalue weighted by atomic mass is 9.87. The molecule has 0 saturated heterocycles. The highest BCUT2D eigenvalue weighted by molar-refractivity contribution is 7.99. The monoisotopic (exact) mass is 460 g/mol. The van der Waals surface area contributed by atoms with Gasteiger partial charge in [0, 0.05) is 19.2 Å². The number of carbonyl (C=O) groups excluding carboxylic acids is 3. The molecular weight excluding hydrogens is 432 g/mol. The van der Waals surface area contributed by atoms with Gasteiger partial charge in [0.25, 0.3) is 0 Å². The van der Waals surface area contributed by atoms with E-state index in [1.807, 2.05) is 11.6 Å².